The molecule has 0 radical (unpaired) electrons. The molecule has 10 heteroatoms. The maximum absolute atomic E-state index is 12.1. The van der Waals surface area contributed by atoms with Gasteiger partial charge in [0, 0.05) is 25.9 Å². The number of amides is 2. The van der Waals surface area contributed by atoms with Gasteiger partial charge in [-0.1, -0.05) is 6.07 Å². The molecule has 0 saturated carbocycles. The van der Waals surface area contributed by atoms with E-state index in [1.54, 1.807) is 17.8 Å². The van der Waals surface area contributed by atoms with Crippen LogP contribution in [-0.2, 0) is 11.8 Å². The highest BCUT2D eigenvalue weighted by Gasteiger charge is 2.21. The Hall–Kier alpha value is -1.97. The number of rotatable bonds is 6. The van der Waals surface area contributed by atoms with E-state index in [1.807, 2.05) is 11.4 Å². The molecular formula is C16H23ClN6O2S. The fourth-order valence-electron chi connectivity index (χ4n) is 2.74. The number of hydrogen-bond donors (Lipinski definition) is 3. The van der Waals surface area contributed by atoms with E-state index in [1.165, 1.54) is 11.3 Å². The molecule has 8 nitrogen and oxygen atoms in total. The van der Waals surface area contributed by atoms with Crippen molar-refractivity contribution >= 4 is 41.5 Å². The van der Waals surface area contributed by atoms with Crippen molar-refractivity contribution in [1.29, 1.82) is 0 Å². The molecule has 142 valence electrons. The van der Waals surface area contributed by atoms with Crippen molar-refractivity contribution < 1.29 is 9.59 Å². The van der Waals surface area contributed by atoms with Crippen molar-refractivity contribution in [2.24, 2.45) is 7.05 Å². The number of nitrogens with zero attached hydrogens (tertiary/aromatic N) is 3. The second-order valence-corrected chi connectivity index (χ2v) is 6.92. The molecule has 3 rings (SSSR count). The lowest BCUT2D eigenvalue weighted by molar-refractivity contribution is -0.116. The lowest BCUT2D eigenvalue weighted by Crippen LogP contribution is -2.27. The Morgan fingerprint density at radius 2 is 2.15 bits per heavy atom. The zero-order chi connectivity index (χ0) is 17.6. The highest BCUT2D eigenvalue weighted by Crippen LogP contribution is 2.23. The van der Waals surface area contributed by atoms with Gasteiger partial charge in [0.2, 0.25) is 11.9 Å². The first kappa shape index (κ1) is 20.3. The van der Waals surface area contributed by atoms with Gasteiger partial charge in [-0.05, 0) is 37.4 Å². The Labute approximate surface area is 162 Å². The average molecular weight is 399 g/mol. The van der Waals surface area contributed by atoms with Crippen LogP contribution >= 0.6 is 23.7 Å². The molecule has 2 amide bonds. The van der Waals surface area contributed by atoms with Crippen LogP contribution in [0.5, 0.6) is 0 Å². The number of nitrogens with one attached hydrogen (secondary N) is 3. The van der Waals surface area contributed by atoms with Crippen molar-refractivity contribution in [3.63, 3.8) is 0 Å². The van der Waals surface area contributed by atoms with Crippen LogP contribution in [0.15, 0.2) is 17.5 Å². The summed E-state index contributed by atoms with van der Waals surface area (Å²) in [5.41, 5.74) is 0. The molecule has 1 saturated heterocycles. The van der Waals surface area contributed by atoms with Crippen LogP contribution in [0.1, 0.15) is 40.7 Å². The molecule has 0 atom stereocenters. The number of carbonyl (C=O) groups is 2. The van der Waals surface area contributed by atoms with Gasteiger partial charge in [-0.25, -0.2) is 4.68 Å². The first-order chi connectivity index (χ1) is 12.1. The molecule has 0 bridgehead atoms. The van der Waals surface area contributed by atoms with Gasteiger partial charge in [-0.3, -0.25) is 14.9 Å². The number of anilines is 1. The first-order valence-corrected chi connectivity index (χ1v) is 9.24. The fraction of sp³-hybridized carbons (Fsp3) is 0.500. The van der Waals surface area contributed by atoms with Crippen LogP contribution in [0, 0.1) is 0 Å². The second kappa shape index (κ2) is 9.65. The summed E-state index contributed by atoms with van der Waals surface area (Å²) in [4.78, 5) is 29.0. The summed E-state index contributed by atoms with van der Waals surface area (Å²) >= 11 is 1.37. The van der Waals surface area contributed by atoms with E-state index in [2.05, 4.69) is 26.0 Å². The Kier molecular flexibility index (Phi) is 7.55. The summed E-state index contributed by atoms with van der Waals surface area (Å²) in [5, 5.41) is 15.1. The van der Waals surface area contributed by atoms with Crippen LogP contribution < -0.4 is 16.0 Å². The van der Waals surface area contributed by atoms with Gasteiger partial charge in [0.1, 0.15) is 0 Å². The van der Waals surface area contributed by atoms with Gasteiger partial charge < -0.3 is 10.6 Å². The quantitative estimate of drug-likeness (QED) is 0.685. The lowest BCUT2D eigenvalue weighted by Gasteiger charge is -2.19. The van der Waals surface area contributed by atoms with Gasteiger partial charge in [-0.15, -0.1) is 23.7 Å². The van der Waals surface area contributed by atoms with Crippen LogP contribution in [0.3, 0.4) is 0 Å². The molecule has 0 spiro atoms. The predicted octanol–water partition coefficient (Wildman–Crippen LogP) is 1.52. The van der Waals surface area contributed by atoms with E-state index < -0.39 is 0 Å². The van der Waals surface area contributed by atoms with E-state index in [0.717, 1.165) is 31.8 Å². The van der Waals surface area contributed by atoms with E-state index >= 15 is 0 Å². The van der Waals surface area contributed by atoms with Gasteiger partial charge in [0.05, 0.1) is 4.88 Å². The molecule has 1 aliphatic heterocycles. The number of carbonyl (C=O) groups excluding carboxylic acids is 2. The third-order valence-electron chi connectivity index (χ3n) is 4.12. The topological polar surface area (TPSA) is 101 Å². The van der Waals surface area contributed by atoms with Crippen LogP contribution in [-0.4, -0.2) is 46.2 Å². The number of aromatic nitrogens is 3. The van der Waals surface area contributed by atoms with Crippen molar-refractivity contribution in [2.75, 3.05) is 25.0 Å². The number of halogens is 1. The highest BCUT2D eigenvalue weighted by atomic mass is 35.5. The van der Waals surface area contributed by atoms with Crippen molar-refractivity contribution in [3.8, 4) is 0 Å². The van der Waals surface area contributed by atoms with Crippen molar-refractivity contribution in [2.45, 2.75) is 25.2 Å². The minimum absolute atomic E-state index is 0. The van der Waals surface area contributed by atoms with Crippen LogP contribution in [0.2, 0.25) is 0 Å². The standard InChI is InChI=1S/C16H22N6O2S.ClH/c1-22-16(20-14(21-22)11-4-7-17-8-5-11)19-13(23)6-9-18-15(24)12-3-2-10-25-12;/h2-3,10-11,17H,4-9H2,1H3,(H,18,24)(H,19,20,21,23);1H. The minimum atomic E-state index is -0.196. The molecule has 0 aliphatic carbocycles. The summed E-state index contributed by atoms with van der Waals surface area (Å²) in [5.74, 6) is 1.21. The molecule has 0 unspecified atom stereocenters. The van der Waals surface area contributed by atoms with Gasteiger partial charge in [0.15, 0.2) is 5.82 Å². The molecule has 2 aromatic heterocycles. The van der Waals surface area contributed by atoms with E-state index in [-0.39, 0.29) is 37.2 Å². The Morgan fingerprint density at radius 3 is 2.85 bits per heavy atom. The van der Waals surface area contributed by atoms with E-state index in [4.69, 9.17) is 0 Å². The van der Waals surface area contributed by atoms with Crippen LogP contribution in [0.4, 0.5) is 5.95 Å². The highest BCUT2D eigenvalue weighted by molar-refractivity contribution is 7.12. The Balaban J connectivity index is 0.00000243. The summed E-state index contributed by atoms with van der Waals surface area (Å²) in [6.07, 6.45) is 2.20. The molecule has 2 aromatic rings. The monoisotopic (exact) mass is 398 g/mol. The number of aryl methyl sites for hydroxylation is 1. The fourth-order valence-corrected chi connectivity index (χ4v) is 3.38. The molecule has 26 heavy (non-hydrogen) atoms. The SMILES string of the molecule is Cl.Cn1nc(C2CCNCC2)nc1NC(=O)CCNC(=O)c1cccs1. The molecular weight excluding hydrogens is 376 g/mol. The first-order valence-electron chi connectivity index (χ1n) is 8.36. The zero-order valence-corrected chi connectivity index (χ0v) is 16.2. The molecule has 3 N–H and O–H groups in total. The summed E-state index contributed by atoms with van der Waals surface area (Å²) in [6, 6.07) is 3.57. The summed E-state index contributed by atoms with van der Waals surface area (Å²) < 4.78 is 1.60. The lowest BCUT2D eigenvalue weighted by atomic mass is 9.98. The predicted molar refractivity (Wildman–Crippen MR) is 103 cm³/mol. The van der Waals surface area contributed by atoms with E-state index in [0.29, 0.717) is 16.7 Å². The average Bonchev–Trinajstić information content (AvgIpc) is 3.26. The van der Waals surface area contributed by atoms with Crippen LogP contribution in [0.25, 0.3) is 0 Å². The second-order valence-electron chi connectivity index (χ2n) is 5.97. The van der Waals surface area contributed by atoms with Gasteiger partial charge >= 0.3 is 0 Å². The van der Waals surface area contributed by atoms with Gasteiger partial charge in [0.25, 0.3) is 5.91 Å². The summed E-state index contributed by atoms with van der Waals surface area (Å²) in [6.45, 7) is 2.21. The molecule has 1 aliphatic rings. The van der Waals surface area contributed by atoms with Crippen molar-refractivity contribution in [3.05, 3.63) is 28.2 Å². The minimum Gasteiger partial charge on any atom is -0.351 e. The number of piperidine rings is 1. The number of hydrogen-bond acceptors (Lipinski definition) is 6. The van der Waals surface area contributed by atoms with E-state index in [9.17, 15) is 9.59 Å². The maximum atomic E-state index is 12.1. The Morgan fingerprint density at radius 1 is 1.38 bits per heavy atom. The number of thiophene rings is 1. The van der Waals surface area contributed by atoms with Crippen molar-refractivity contribution in [1.82, 2.24) is 25.4 Å². The smallest absolute Gasteiger partial charge is 0.261 e. The maximum Gasteiger partial charge on any atom is 0.261 e. The molecule has 3 heterocycles. The molecule has 1 fully saturated rings. The summed E-state index contributed by atoms with van der Waals surface area (Å²) in [7, 11) is 1.77. The zero-order valence-electron chi connectivity index (χ0n) is 14.5. The third kappa shape index (κ3) is 5.26. The normalized spacial score (nSPS) is 14.5. The third-order valence-corrected chi connectivity index (χ3v) is 4.99. The Bertz CT molecular complexity index is 727. The van der Waals surface area contributed by atoms with Gasteiger partial charge in [-0.2, -0.15) is 10.1 Å². The molecule has 0 aromatic carbocycles. The largest absolute Gasteiger partial charge is 0.351 e.